The summed E-state index contributed by atoms with van der Waals surface area (Å²) in [6.45, 7) is 0. The van der Waals surface area contributed by atoms with Gasteiger partial charge in [-0.3, -0.25) is 14.4 Å². The van der Waals surface area contributed by atoms with Gasteiger partial charge in [0.2, 0.25) is 0 Å². The van der Waals surface area contributed by atoms with Crippen LogP contribution in [0.3, 0.4) is 0 Å². The molecule has 1 saturated heterocycles. The Balaban J connectivity index is 2.36. The molecule has 0 aromatic carbocycles. The van der Waals surface area contributed by atoms with Crippen molar-refractivity contribution >= 4 is 57.3 Å². The van der Waals surface area contributed by atoms with Crippen LogP contribution in [-0.2, 0) is 24.0 Å². The van der Waals surface area contributed by atoms with Crippen molar-refractivity contribution in [3.63, 3.8) is 0 Å². The number of halogens is 1. The molecule has 1 fully saturated rings. The largest absolute Gasteiger partial charge is 0.343 e. The van der Waals surface area contributed by atoms with E-state index in [0.717, 1.165) is 11.8 Å². The van der Waals surface area contributed by atoms with Gasteiger partial charge in [0.1, 0.15) is 5.75 Å². The molecule has 1 heterocycles. The molecule has 88 valence electrons. The zero-order valence-corrected chi connectivity index (χ0v) is 11.1. The van der Waals surface area contributed by atoms with E-state index in [1.54, 1.807) is 0 Å². The number of nitrogens with zero attached hydrogens (tertiary/aromatic N) is 1. The van der Waals surface area contributed by atoms with Crippen LogP contribution >= 0.6 is 34.4 Å². The highest BCUT2D eigenvalue weighted by molar-refractivity contribution is 14.1. The van der Waals surface area contributed by atoms with Crippen LogP contribution in [0.15, 0.2) is 0 Å². The summed E-state index contributed by atoms with van der Waals surface area (Å²) in [5, 5.41) is 0.314. The molecule has 8 heteroatoms. The highest BCUT2D eigenvalue weighted by Crippen LogP contribution is 2.13. The minimum atomic E-state index is -0.771. The minimum absolute atomic E-state index is 0.0614. The Morgan fingerprint density at radius 2 is 1.88 bits per heavy atom. The molecule has 1 rings (SSSR count). The molecule has 0 spiro atoms. The lowest BCUT2D eigenvalue weighted by Crippen LogP contribution is -2.32. The molecule has 0 aromatic rings. The summed E-state index contributed by atoms with van der Waals surface area (Å²) in [7, 11) is 0. The zero-order valence-electron chi connectivity index (χ0n) is 8.10. The fraction of sp³-hybridized carbons (Fsp3) is 0.500. The van der Waals surface area contributed by atoms with Crippen LogP contribution in [0.1, 0.15) is 12.8 Å². The molecule has 1 aliphatic rings. The van der Waals surface area contributed by atoms with Gasteiger partial charge in [0.25, 0.3) is 11.8 Å². The predicted octanol–water partition coefficient (Wildman–Crippen LogP) is 0.288. The molecular formula is C8H8INO5S. The number of rotatable bonds is 4. The van der Waals surface area contributed by atoms with Gasteiger partial charge in [0.15, 0.2) is 5.12 Å². The maximum Gasteiger partial charge on any atom is 0.343 e. The van der Waals surface area contributed by atoms with Gasteiger partial charge in [-0.15, -0.1) is 5.06 Å². The van der Waals surface area contributed by atoms with E-state index in [1.807, 2.05) is 22.6 Å². The Kier molecular flexibility index (Phi) is 5.19. The van der Waals surface area contributed by atoms with Crippen LogP contribution in [0.4, 0.5) is 0 Å². The van der Waals surface area contributed by atoms with E-state index in [2.05, 4.69) is 4.84 Å². The maximum absolute atomic E-state index is 11.2. The fourth-order valence-corrected chi connectivity index (χ4v) is 2.03. The van der Waals surface area contributed by atoms with Crippen molar-refractivity contribution in [2.75, 3.05) is 10.2 Å². The third-order valence-electron chi connectivity index (χ3n) is 1.66. The molecule has 1 aliphatic heterocycles. The summed E-state index contributed by atoms with van der Waals surface area (Å²) in [6, 6.07) is 0. The smallest absolute Gasteiger partial charge is 0.329 e. The third-order valence-corrected chi connectivity index (χ3v) is 3.72. The molecule has 2 amide bonds. The summed E-state index contributed by atoms with van der Waals surface area (Å²) in [5.74, 6) is -2.02. The lowest BCUT2D eigenvalue weighted by Gasteiger charge is -2.11. The van der Waals surface area contributed by atoms with E-state index in [-0.39, 0.29) is 28.1 Å². The summed E-state index contributed by atoms with van der Waals surface area (Å²) in [4.78, 5) is 48.7. The van der Waals surface area contributed by atoms with Gasteiger partial charge in [0, 0.05) is 12.8 Å². The number of carbonyl (C=O) groups excluding carboxylic acids is 4. The number of hydrogen-bond donors (Lipinski definition) is 0. The summed E-state index contributed by atoms with van der Waals surface area (Å²) < 4.78 is 0.289. The SMILES string of the molecule is O=C(CSC(=O)CI)ON1C(=O)CCC1=O. The van der Waals surface area contributed by atoms with Crippen LogP contribution in [0.5, 0.6) is 0 Å². The number of alkyl halides is 1. The lowest BCUT2D eigenvalue weighted by molar-refractivity contribution is -0.195. The summed E-state index contributed by atoms with van der Waals surface area (Å²) in [5.41, 5.74) is 0. The van der Waals surface area contributed by atoms with Crippen molar-refractivity contribution in [1.29, 1.82) is 0 Å². The average Bonchev–Trinajstić information content (AvgIpc) is 2.57. The van der Waals surface area contributed by atoms with Crippen LogP contribution in [0, 0.1) is 0 Å². The molecule has 0 unspecified atom stereocenters. The van der Waals surface area contributed by atoms with Gasteiger partial charge in [0.05, 0.1) is 4.43 Å². The molecule has 0 bridgehead atoms. The fourth-order valence-electron chi connectivity index (χ4n) is 0.964. The Bertz CT molecular complexity index is 329. The average molecular weight is 357 g/mol. The number of imide groups is 1. The van der Waals surface area contributed by atoms with E-state index in [4.69, 9.17) is 0 Å². The molecule has 0 radical (unpaired) electrons. The van der Waals surface area contributed by atoms with Crippen molar-refractivity contribution in [2.45, 2.75) is 12.8 Å². The van der Waals surface area contributed by atoms with E-state index >= 15 is 0 Å². The summed E-state index contributed by atoms with van der Waals surface area (Å²) in [6.07, 6.45) is 0.123. The second-order valence-electron chi connectivity index (χ2n) is 2.84. The second-order valence-corrected chi connectivity index (χ2v) is 4.63. The normalized spacial score (nSPS) is 15.4. The molecule has 0 atom stereocenters. The number of carbonyl (C=O) groups is 4. The first-order chi connectivity index (χ1) is 7.54. The van der Waals surface area contributed by atoms with Crippen LogP contribution in [0.2, 0.25) is 0 Å². The quantitative estimate of drug-likeness (QED) is 0.409. The highest BCUT2D eigenvalue weighted by atomic mass is 127. The van der Waals surface area contributed by atoms with Crippen LogP contribution < -0.4 is 0 Å². The molecule has 0 aromatic heterocycles. The Hall–Kier alpha value is -0.640. The second kappa shape index (κ2) is 6.18. The maximum atomic E-state index is 11.2. The lowest BCUT2D eigenvalue weighted by atomic mass is 10.4. The predicted molar refractivity (Wildman–Crippen MR) is 63.5 cm³/mol. The van der Waals surface area contributed by atoms with E-state index in [9.17, 15) is 19.2 Å². The van der Waals surface area contributed by atoms with E-state index in [1.165, 1.54) is 0 Å². The number of hydrogen-bond acceptors (Lipinski definition) is 6. The molecule has 0 N–H and O–H groups in total. The highest BCUT2D eigenvalue weighted by Gasteiger charge is 2.32. The van der Waals surface area contributed by atoms with Crippen molar-refractivity contribution < 1.29 is 24.0 Å². The first-order valence-corrected chi connectivity index (χ1v) is 6.84. The molecular weight excluding hydrogens is 349 g/mol. The molecule has 16 heavy (non-hydrogen) atoms. The summed E-state index contributed by atoms with van der Waals surface area (Å²) >= 11 is 2.68. The zero-order chi connectivity index (χ0) is 12.1. The Morgan fingerprint density at radius 3 is 2.38 bits per heavy atom. The number of amides is 2. The topological polar surface area (TPSA) is 80.8 Å². The van der Waals surface area contributed by atoms with Gasteiger partial charge in [-0.1, -0.05) is 34.4 Å². The van der Waals surface area contributed by atoms with Crippen LogP contribution in [0.25, 0.3) is 0 Å². The van der Waals surface area contributed by atoms with Gasteiger partial charge < -0.3 is 4.84 Å². The first kappa shape index (κ1) is 13.4. The Labute approximate surface area is 109 Å². The minimum Gasteiger partial charge on any atom is -0.329 e. The van der Waals surface area contributed by atoms with Crippen molar-refractivity contribution in [3.05, 3.63) is 0 Å². The van der Waals surface area contributed by atoms with E-state index < -0.39 is 17.8 Å². The molecule has 6 nitrogen and oxygen atoms in total. The van der Waals surface area contributed by atoms with E-state index in [0.29, 0.717) is 5.06 Å². The van der Waals surface area contributed by atoms with Crippen LogP contribution in [-0.4, -0.2) is 38.1 Å². The van der Waals surface area contributed by atoms with Crippen molar-refractivity contribution in [3.8, 4) is 0 Å². The molecule has 0 aliphatic carbocycles. The number of hydroxylamine groups is 2. The van der Waals surface area contributed by atoms with Gasteiger partial charge >= 0.3 is 5.97 Å². The molecule has 0 saturated carbocycles. The standard InChI is InChI=1S/C8H8INO5S/c9-3-8(14)16-4-7(13)15-10-5(11)1-2-6(10)12/h1-4H2. The van der Waals surface area contributed by atoms with Gasteiger partial charge in [-0.2, -0.15) is 0 Å². The third kappa shape index (κ3) is 3.74. The van der Waals surface area contributed by atoms with Crippen molar-refractivity contribution in [2.24, 2.45) is 0 Å². The van der Waals surface area contributed by atoms with Crippen molar-refractivity contribution in [1.82, 2.24) is 5.06 Å². The van der Waals surface area contributed by atoms with Gasteiger partial charge in [-0.05, 0) is 0 Å². The first-order valence-electron chi connectivity index (χ1n) is 4.32. The Morgan fingerprint density at radius 1 is 1.31 bits per heavy atom. The monoisotopic (exact) mass is 357 g/mol. The number of thioether (sulfide) groups is 1. The van der Waals surface area contributed by atoms with Gasteiger partial charge in [-0.25, -0.2) is 4.79 Å².